The number of hydrogen-bond donors (Lipinski definition) is 1. The molecule has 3 aromatic rings. The summed E-state index contributed by atoms with van der Waals surface area (Å²) in [7, 11) is 0. The van der Waals surface area contributed by atoms with Gasteiger partial charge in [0.1, 0.15) is 5.76 Å². The summed E-state index contributed by atoms with van der Waals surface area (Å²) < 4.78 is 0. The number of aryl methyl sites for hydroxylation is 3. The maximum absolute atomic E-state index is 13.4. The first-order chi connectivity index (χ1) is 16.0. The highest BCUT2D eigenvalue weighted by Crippen LogP contribution is 2.43. The highest BCUT2D eigenvalue weighted by Gasteiger charge is 2.47. The molecule has 4 nitrogen and oxygen atoms in total. The average molecular weight is 454 g/mol. The maximum atomic E-state index is 13.4. The molecule has 34 heavy (non-hydrogen) atoms. The SMILES string of the molecule is Cc1ccc(N2C(=O)C(=O)/C(=C(/O)c3cc(C(C)(C)C)ccc3C)C2c2cccc(C)c2)cc1. The van der Waals surface area contributed by atoms with E-state index in [1.54, 1.807) is 0 Å². The summed E-state index contributed by atoms with van der Waals surface area (Å²) in [5.41, 5.74) is 5.92. The number of carbonyl (C=O) groups excluding carboxylic acids is 2. The van der Waals surface area contributed by atoms with Crippen LogP contribution in [0.1, 0.15) is 60.2 Å². The van der Waals surface area contributed by atoms with Gasteiger partial charge in [0.15, 0.2) is 0 Å². The Bertz CT molecular complexity index is 1310. The monoisotopic (exact) mass is 453 g/mol. The van der Waals surface area contributed by atoms with E-state index in [2.05, 4.69) is 20.8 Å². The van der Waals surface area contributed by atoms with Crippen LogP contribution in [0.2, 0.25) is 0 Å². The van der Waals surface area contributed by atoms with Crippen LogP contribution in [0.15, 0.2) is 72.3 Å². The van der Waals surface area contributed by atoms with Crippen LogP contribution in [-0.2, 0) is 15.0 Å². The minimum atomic E-state index is -0.722. The molecule has 1 unspecified atom stereocenters. The Kier molecular flexibility index (Phi) is 5.94. The second kappa shape index (κ2) is 8.60. The Hall–Kier alpha value is -3.66. The molecule has 4 heteroatoms. The number of nitrogens with zero attached hydrogens (tertiary/aromatic N) is 1. The van der Waals surface area contributed by atoms with E-state index in [1.807, 2.05) is 87.5 Å². The number of rotatable bonds is 3. The van der Waals surface area contributed by atoms with Crippen LogP contribution in [0.5, 0.6) is 0 Å². The third-order valence-corrected chi connectivity index (χ3v) is 6.47. The molecule has 1 aliphatic rings. The third kappa shape index (κ3) is 4.16. The van der Waals surface area contributed by atoms with E-state index < -0.39 is 17.7 Å². The van der Waals surface area contributed by atoms with Gasteiger partial charge in [0.05, 0.1) is 11.6 Å². The quantitative estimate of drug-likeness (QED) is 0.278. The first kappa shape index (κ1) is 23.5. The molecule has 1 saturated heterocycles. The van der Waals surface area contributed by atoms with Crippen LogP contribution in [-0.4, -0.2) is 16.8 Å². The average Bonchev–Trinajstić information content (AvgIpc) is 3.04. The van der Waals surface area contributed by atoms with Gasteiger partial charge >= 0.3 is 0 Å². The normalized spacial score (nSPS) is 17.9. The fourth-order valence-corrected chi connectivity index (χ4v) is 4.45. The lowest BCUT2D eigenvalue weighted by molar-refractivity contribution is -0.132. The number of anilines is 1. The van der Waals surface area contributed by atoms with E-state index in [0.29, 0.717) is 11.3 Å². The summed E-state index contributed by atoms with van der Waals surface area (Å²) in [6.07, 6.45) is 0. The minimum Gasteiger partial charge on any atom is -0.507 e. The van der Waals surface area contributed by atoms with Crippen molar-refractivity contribution in [2.24, 2.45) is 0 Å². The van der Waals surface area contributed by atoms with E-state index in [9.17, 15) is 14.7 Å². The molecule has 1 aliphatic heterocycles. The first-order valence-corrected chi connectivity index (χ1v) is 11.5. The van der Waals surface area contributed by atoms with Crippen molar-refractivity contribution >= 4 is 23.1 Å². The number of amides is 1. The van der Waals surface area contributed by atoms with Gasteiger partial charge in [0.25, 0.3) is 11.7 Å². The first-order valence-electron chi connectivity index (χ1n) is 11.5. The molecule has 1 amide bonds. The molecule has 0 spiro atoms. The lowest BCUT2D eigenvalue weighted by Crippen LogP contribution is -2.29. The summed E-state index contributed by atoms with van der Waals surface area (Å²) >= 11 is 0. The van der Waals surface area contributed by atoms with Gasteiger partial charge in [-0.3, -0.25) is 14.5 Å². The van der Waals surface area contributed by atoms with Crippen LogP contribution < -0.4 is 4.90 Å². The molecule has 0 saturated carbocycles. The largest absolute Gasteiger partial charge is 0.507 e. The molecule has 1 fully saturated rings. The lowest BCUT2D eigenvalue weighted by atomic mass is 9.84. The summed E-state index contributed by atoms with van der Waals surface area (Å²) in [5, 5.41) is 11.6. The minimum absolute atomic E-state index is 0.116. The van der Waals surface area contributed by atoms with Crippen molar-refractivity contribution in [3.63, 3.8) is 0 Å². The van der Waals surface area contributed by atoms with Gasteiger partial charge < -0.3 is 5.11 Å². The zero-order valence-electron chi connectivity index (χ0n) is 20.6. The molecule has 3 aromatic carbocycles. The highest BCUT2D eigenvalue weighted by molar-refractivity contribution is 6.51. The summed E-state index contributed by atoms with van der Waals surface area (Å²) in [6, 6.07) is 20.4. The van der Waals surface area contributed by atoms with Crippen molar-refractivity contribution in [1.82, 2.24) is 0 Å². The molecular formula is C30H31NO3. The zero-order valence-corrected chi connectivity index (χ0v) is 20.6. The van der Waals surface area contributed by atoms with Gasteiger partial charge in [-0.25, -0.2) is 0 Å². The molecule has 174 valence electrons. The van der Waals surface area contributed by atoms with E-state index >= 15 is 0 Å². The summed E-state index contributed by atoms with van der Waals surface area (Å²) in [4.78, 5) is 28.3. The van der Waals surface area contributed by atoms with E-state index in [0.717, 1.165) is 27.8 Å². The molecule has 0 aromatic heterocycles. The molecular weight excluding hydrogens is 422 g/mol. The van der Waals surface area contributed by atoms with Crippen LogP contribution in [0.3, 0.4) is 0 Å². The van der Waals surface area contributed by atoms with Crippen molar-refractivity contribution in [2.45, 2.75) is 53.0 Å². The van der Waals surface area contributed by atoms with Gasteiger partial charge in [-0.15, -0.1) is 0 Å². The Balaban J connectivity index is 1.98. The maximum Gasteiger partial charge on any atom is 0.300 e. The predicted octanol–water partition coefficient (Wildman–Crippen LogP) is 6.54. The van der Waals surface area contributed by atoms with Gasteiger partial charge in [-0.2, -0.15) is 0 Å². The molecule has 0 radical (unpaired) electrons. The van der Waals surface area contributed by atoms with Gasteiger partial charge in [0.2, 0.25) is 0 Å². The van der Waals surface area contributed by atoms with E-state index in [4.69, 9.17) is 0 Å². The number of hydrogen-bond acceptors (Lipinski definition) is 3. The lowest BCUT2D eigenvalue weighted by Gasteiger charge is -2.26. The van der Waals surface area contributed by atoms with Crippen molar-refractivity contribution in [2.75, 3.05) is 4.90 Å². The number of carbonyl (C=O) groups is 2. The van der Waals surface area contributed by atoms with Crippen molar-refractivity contribution in [1.29, 1.82) is 0 Å². The summed E-state index contributed by atoms with van der Waals surface area (Å²) in [5.74, 6) is -1.45. The molecule has 4 rings (SSSR count). The summed E-state index contributed by atoms with van der Waals surface area (Å²) in [6.45, 7) is 12.2. The Morgan fingerprint density at radius 1 is 0.853 bits per heavy atom. The molecule has 1 heterocycles. The Labute approximate surface area is 201 Å². The van der Waals surface area contributed by atoms with E-state index in [-0.39, 0.29) is 16.7 Å². The predicted molar refractivity (Wildman–Crippen MR) is 137 cm³/mol. The van der Waals surface area contributed by atoms with Gasteiger partial charge in [-0.1, -0.05) is 80.4 Å². The number of aliphatic hydroxyl groups is 1. The number of benzene rings is 3. The molecule has 0 aliphatic carbocycles. The van der Waals surface area contributed by atoms with Crippen molar-refractivity contribution < 1.29 is 14.7 Å². The smallest absolute Gasteiger partial charge is 0.300 e. The highest BCUT2D eigenvalue weighted by atomic mass is 16.3. The Morgan fingerprint density at radius 3 is 2.15 bits per heavy atom. The Morgan fingerprint density at radius 2 is 1.53 bits per heavy atom. The number of ketones is 1. The number of Topliss-reactive ketones (excluding diaryl/α,β-unsaturated/α-hetero) is 1. The molecule has 0 bridgehead atoms. The van der Waals surface area contributed by atoms with Crippen LogP contribution >= 0.6 is 0 Å². The van der Waals surface area contributed by atoms with Gasteiger partial charge in [-0.05, 0) is 61.1 Å². The zero-order chi connectivity index (χ0) is 24.8. The molecule has 1 N–H and O–H groups in total. The fraction of sp³-hybridized carbons (Fsp3) is 0.267. The van der Waals surface area contributed by atoms with Crippen molar-refractivity contribution in [3.05, 3.63) is 106 Å². The van der Waals surface area contributed by atoms with E-state index in [1.165, 1.54) is 4.90 Å². The van der Waals surface area contributed by atoms with Gasteiger partial charge in [0, 0.05) is 11.3 Å². The van der Waals surface area contributed by atoms with Crippen LogP contribution in [0.4, 0.5) is 5.69 Å². The number of aliphatic hydroxyl groups excluding tert-OH is 1. The second-order valence-corrected chi connectivity index (χ2v) is 10.2. The van der Waals surface area contributed by atoms with Crippen molar-refractivity contribution in [3.8, 4) is 0 Å². The third-order valence-electron chi connectivity index (χ3n) is 6.47. The molecule has 1 atom stereocenters. The second-order valence-electron chi connectivity index (χ2n) is 10.2. The van der Waals surface area contributed by atoms with Crippen LogP contribution in [0.25, 0.3) is 5.76 Å². The standard InChI is InChI=1S/C30H31NO3/c1-18-10-14-23(15-11-18)31-26(21-9-7-8-19(2)16-21)25(28(33)29(31)34)27(32)24-17-22(30(4,5)6)13-12-20(24)3/h7-17,26,32H,1-6H3/b27-25+. The topological polar surface area (TPSA) is 57.6 Å². The fourth-order valence-electron chi connectivity index (χ4n) is 4.45. The van der Waals surface area contributed by atoms with Crippen LogP contribution in [0, 0.1) is 20.8 Å².